The van der Waals surface area contributed by atoms with E-state index in [1.807, 2.05) is 19.0 Å². The van der Waals surface area contributed by atoms with E-state index < -0.39 is 17.5 Å². The summed E-state index contributed by atoms with van der Waals surface area (Å²) in [6.45, 7) is 1.06. The molecule has 2 aromatic carbocycles. The van der Waals surface area contributed by atoms with Gasteiger partial charge in [-0.2, -0.15) is 5.10 Å². The van der Waals surface area contributed by atoms with Crippen LogP contribution in [0.15, 0.2) is 36.4 Å². The molecular weight excluding hydrogens is 326 g/mol. The molecule has 1 aromatic heterocycles. The number of carbonyl (C=O) groups excluding carboxylic acids is 1. The molecule has 0 aliphatic heterocycles. The maximum atomic E-state index is 15.0. The lowest BCUT2D eigenvalue weighted by Crippen LogP contribution is -2.31. The van der Waals surface area contributed by atoms with E-state index in [-0.39, 0.29) is 16.6 Å². The molecule has 0 radical (unpaired) electrons. The molecule has 25 heavy (non-hydrogen) atoms. The molecule has 130 valence electrons. The highest BCUT2D eigenvalue weighted by Crippen LogP contribution is 2.30. The van der Waals surface area contributed by atoms with Gasteiger partial charge in [0.25, 0.3) is 5.91 Å². The molecule has 0 saturated heterocycles. The van der Waals surface area contributed by atoms with Gasteiger partial charge in [0.15, 0.2) is 0 Å². The smallest absolute Gasteiger partial charge is 0.254 e. The molecule has 0 atom stereocenters. The summed E-state index contributed by atoms with van der Waals surface area (Å²) in [4.78, 5) is 14.2. The molecule has 1 amide bonds. The van der Waals surface area contributed by atoms with E-state index in [1.54, 1.807) is 12.1 Å². The van der Waals surface area contributed by atoms with Gasteiger partial charge in [-0.3, -0.25) is 9.89 Å². The fourth-order valence-electron chi connectivity index (χ4n) is 2.58. The van der Waals surface area contributed by atoms with E-state index >= 15 is 0 Å². The first-order chi connectivity index (χ1) is 12.0. The number of amides is 1. The Morgan fingerprint density at radius 3 is 2.76 bits per heavy atom. The average Bonchev–Trinajstić information content (AvgIpc) is 2.99. The second-order valence-corrected chi connectivity index (χ2v) is 5.99. The topological polar surface area (TPSA) is 61.0 Å². The standard InChI is InChI=1S/C18H18F2N4O/c1-24(2)9-8-21-18(25)13-6-7-14-15(16(13)20)17(23-22-14)11-4-3-5-12(19)10-11/h3-7,10H,8-9H2,1-2H3,(H,21,25)(H,22,23). The minimum atomic E-state index is -0.673. The Morgan fingerprint density at radius 1 is 1.24 bits per heavy atom. The lowest BCUT2D eigenvalue weighted by atomic mass is 10.0. The van der Waals surface area contributed by atoms with Gasteiger partial charge in [0, 0.05) is 18.7 Å². The molecule has 3 rings (SSSR count). The number of fused-ring (bicyclic) bond motifs is 1. The third-order valence-corrected chi connectivity index (χ3v) is 3.85. The van der Waals surface area contributed by atoms with Gasteiger partial charge in [-0.25, -0.2) is 8.78 Å². The molecular formula is C18H18F2N4O. The zero-order valence-corrected chi connectivity index (χ0v) is 13.9. The van der Waals surface area contributed by atoms with Crippen LogP contribution < -0.4 is 5.32 Å². The SMILES string of the molecule is CN(C)CCNC(=O)c1ccc2[nH]nc(-c3cccc(F)c3)c2c1F. The maximum absolute atomic E-state index is 15.0. The highest BCUT2D eigenvalue weighted by atomic mass is 19.1. The molecule has 0 unspecified atom stereocenters. The van der Waals surface area contributed by atoms with Crippen molar-refractivity contribution in [1.29, 1.82) is 0 Å². The highest BCUT2D eigenvalue weighted by Gasteiger charge is 2.19. The van der Waals surface area contributed by atoms with Crippen LogP contribution in [0.25, 0.3) is 22.2 Å². The van der Waals surface area contributed by atoms with Gasteiger partial charge in [0.05, 0.1) is 16.5 Å². The monoisotopic (exact) mass is 344 g/mol. The minimum Gasteiger partial charge on any atom is -0.351 e. The Balaban J connectivity index is 1.99. The molecule has 0 aliphatic carbocycles. The van der Waals surface area contributed by atoms with Gasteiger partial charge in [0.2, 0.25) is 0 Å². The number of aromatic nitrogens is 2. The van der Waals surface area contributed by atoms with Gasteiger partial charge in [-0.1, -0.05) is 12.1 Å². The van der Waals surface area contributed by atoms with Crippen LogP contribution in [-0.2, 0) is 0 Å². The predicted octanol–water partition coefficient (Wildman–Crippen LogP) is 2.80. The Bertz CT molecular complexity index is 921. The summed E-state index contributed by atoms with van der Waals surface area (Å²) in [5.74, 6) is -1.60. The van der Waals surface area contributed by atoms with Crippen molar-refractivity contribution in [3.05, 3.63) is 53.6 Å². The maximum Gasteiger partial charge on any atom is 0.254 e. The summed E-state index contributed by atoms with van der Waals surface area (Å²) in [7, 11) is 3.77. The van der Waals surface area contributed by atoms with E-state index in [4.69, 9.17) is 0 Å². The number of carbonyl (C=O) groups is 1. The minimum absolute atomic E-state index is 0.0645. The van der Waals surface area contributed by atoms with Gasteiger partial charge in [-0.05, 0) is 38.4 Å². The molecule has 2 N–H and O–H groups in total. The van der Waals surface area contributed by atoms with E-state index in [1.165, 1.54) is 24.3 Å². The number of hydrogen-bond donors (Lipinski definition) is 2. The van der Waals surface area contributed by atoms with Crippen molar-refractivity contribution in [3.63, 3.8) is 0 Å². The van der Waals surface area contributed by atoms with Gasteiger partial charge in [-0.15, -0.1) is 0 Å². The number of likely N-dealkylation sites (N-methyl/N-ethyl adjacent to an activating group) is 1. The molecule has 5 nitrogen and oxygen atoms in total. The summed E-state index contributed by atoms with van der Waals surface area (Å²) < 4.78 is 28.4. The lowest BCUT2D eigenvalue weighted by Gasteiger charge is -2.11. The van der Waals surface area contributed by atoms with Crippen LogP contribution in [0.3, 0.4) is 0 Å². The predicted molar refractivity (Wildman–Crippen MR) is 92.3 cm³/mol. The number of rotatable bonds is 5. The fraction of sp³-hybridized carbons (Fsp3) is 0.222. The van der Waals surface area contributed by atoms with Gasteiger partial charge in [0.1, 0.15) is 17.3 Å². The van der Waals surface area contributed by atoms with Crippen molar-refractivity contribution in [3.8, 4) is 11.3 Å². The zero-order valence-electron chi connectivity index (χ0n) is 13.9. The second-order valence-electron chi connectivity index (χ2n) is 5.99. The number of aromatic amines is 1. The van der Waals surface area contributed by atoms with Crippen molar-refractivity contribution in [2.75, 3.05) is 27.2 Å². The third-order valence-electron chi connectivity index (χ3n) is 3.85. The number of H-pyrrole nitrogens is 1. The number of hydrogen-bond acceptors (Lipinski definition) is 3. The van der Waals surface area contributed by atoms with E-state index in [2.05, 4.69) is 15.5 Å². The van der Waals surface area contributed by atoms with Crippen LogP contribution in [-0.4, -0.2) is 48.2 Å². The third kappa shape index (κ3) is 3.51. The van der Waals surface area contributed by atoms with Crippen molar-refractivity contribution in [2.45, 2.75) is 0 Å². The van der Waals surface area contributed by atoms with Gasteiger partial charge < -0.3 is 10.2 Å². The van der Waals surface area contributed by atoms with Crippen LogP contribution in [0.2, 0.25) is 0 Å². The summed E-state index contributed by atoms with van der Waals surface area (Å²) in [6.07, 6.45) is 0. The number of nitrogens with zero attached hydrogens (tertiary/aromatic N) is 2. The molecule has 7 heteroatoms. The first-order valence-electron chi connectivity index (χ1n) is 7.83. The zero-order chi connectivity index (χ0) is 18.0. The highest BCUT2D eigenvalue weighted by molar-refractivity contribution is 6.02. The van der Waals surface area contributed by atoms with Crippen molar-refractivity contribution in [2.24, 2.45) is 0 Å². The van der Waals surface area contributed by atoms with Crippen LogP contribution in [0.1, 0.15) is 10.4 Å². The Morgan fingerprint density at radius 2 is 2.04 bits per heavy atom. The molecule has 0 fully saturated rings. The summed E-state index contributed by atoms with van der Waals surface area (Å²) in [5, 5.41) is 9.66. The molecule has 0 bridgehead atoms. The van der Waals surface area contributed by atoms with Crippen molar-refractivity contribution < 1.29 is 13.6 Å². The van der Waals surface area contributed by atoms with Crippen molar-refractivity contribution in [1.82, 2.24) is 20.4 Å². The number of halogens is 2. The lowest BCUT2D eigenvalue weighted by molar-refractivity contribution is 0.0947. The average molecular weight is 344 g/mol. The van der Waals surface area contributed by atoms with E-state index in [0.29, 0.717) is 24.2 Å². The summed E-state index contributed by atoms with van der Waals surface area (Å²) >= 11 is 0. The first kappa shape index (κ1) is 17.0. The molecule has 0 saturated carbocycles. The summed E-state index contributed by atoms with van der Waals surface area (Å²) in [5.41, 5.74) is 1.09. The first-order valence-corrected chi connectivity index (χ1v) is 7.83. The largest absolute Gasteiger partial charge is 0.351 e. The van der Waals surface area contributed by atoms with Gasteiger partial charge >= 0.3 is 0 Å². The number of nitrogens with one attached hydrogen (secondary N) is 2. The van der Waals surface area contributed by atoms with Crippen LogP contribution in [0, 0.1) is 11.6 Å². The molecule has 3 aromatic rings. The number of benzene rings is 2. The molecule has 0 aliphatic rings. The normalized spacial score (nSPS) is 11.2. The Kier molecular flexibility index (Phi) is 4.76. The van der Waals surface area contributed by atoms with Crippen LogP contribution in [0.4, 0.5) is 8.78 Å². The quantitative estimate of drug-likeness (QED) is 0.748. The second kappa shape index (κ2) is 6.98. The summed E-state index contributed by atoms with van der Waals surface area (Å²) in [6, 6.07) is 8.76. The fourth-order valence-corrected chi connectivity index (χ4v) is 2.58. The van der Waals surface area contributed by atoms with Crippen LogP contribution >= 0.6 is 0 Å². The van der Waals surface area contributed by atoms with Crippen LogP contribution in [0.5, 0.6) is 0 Å². The molecule has 1 heterocycles. The van der Waals surface area contributed by atoms with E-state index in [9.17, 15) is 13.6 Å². The Labute approximate surface area is 143 Å². The molecule has 0 spiro atoms. The van der Waals surface area contributed by atoms with Crippen molar-refractivity contribution >= 4 is 16.8 Å². The Hall–Kier alpha value is -2.80. The van der Waals surface area contributed by atoms with E-state index in [0.717, 1.165) is 0 Å².